The van der Waals surface area contributed by atoms with E-state index in [2.05, 4.69) is 13.8 Å². The fraction of sp³-hybridized carbons (Fsp3) is 1.00. The third-order valence-corrected chi connectivity index (χ3v) is 12.7. The molecule has 0 radical (unpaired) electrons. The first-order chi connectivity index (χ1) is 8.81. The van der Waals surface area contributed by atoms with Crippen molar-refractivity contribution in [3.8, 4) is 0 Å². The van der Waals surface area contributed by atoms with Gasteiger partial charge in [0, 0.05) is 0 Å². The van der Waals surface area contributed by atoms with Crippen molar-refractivity contribution in [2.75, 3.05) is 0 Å². The zero-order valence-corrected chi connectivity index (χ0v) is 17.0. The van der Waals surface area contributed by atoms with E-state index in [-0.39, 0.29) is 0 Å². The average molecular weight is 471 g/mol. The van der Waals surface area contributed by atoms with Crippen molar-refractivity contribution in [2.45, 2.75) is 99.2 Å². The van der Waals surface area contributed by atoms with Crippen LogP contribution in [0, 0.1) is 0 Å². The standard InChI is InChI=1S/2C8H17.Bi.ClH/c2*1-3-5-7-8-6-4-2;;/h2*1,3-8H2,2H3;;1H/q;;+1;/p-1. The SMILES string of the molecule is CCCCCCC[CH2][Bi]([Cl])[CH2]CCCCCCC. The Hall–Kier alpha value is 1.17. The number of rotatable bonds is 14. The van der Waals surface area contributed by atoms with Crippen molar-refractivity contribution in [3.63, 3.8) is 0 Å². The number of unbranched alkanes of at least 4 members (excludes halogenated alkanes) is 10. The molecule has 0 aliphatic heterocycles. The number of hydrogen-bond donors (Lipinski definition) is 0. The van der Waals surface area contributed by atoms with E-state index >= 15 is 0 Å². The molecule has 0 spiro atoms. The Morgan fingerprint density at radius 1 is 0.556 bits per heavy atom. The van der Waals surface area contributed by atoms with Gasteiger partial charge in [0.2, 0.25) is 0 Å². The van der Waals surface area contributed by atoms with E-state index in [0.29, 0.717) is 0 Å². The van der Waals surface area contributed by atoms with E-state index in [0.717, 1.165) is 0 Å². The Morgan fingerprint density at radius 2 is 0.889 bits per heavy atom. The maximum atomic E-state index is 6.56. The van der Waals surface area contributed by atoms with Crippen molar-refractivity contribution >= 4 is 29.1 Å². The van der Waals surface area contributed by atoms with Crippen LogP contribution in [0.5, 0.6) is 0 Å². The van der Waals surface area contributed by atoms with Crippen molar-refractivity contribution in [1.82, 2.24) is 0 Å². The zero-order valence-electron chi connectivity index (χ0n) is 12.7. The topological polar surface area (TPSA) is 0 Å². The van der Waals surface area contributed by atoms with Crippen molar-refractivity contribution in [3.05, 3.63) is 0 Å². The second-order valence-corrected chi connectivity index (χ2v) is 16.7. The maximum absolute atomic E-state index is 6.56. The van der Waals surface area contributed by atoms with E-state index in [1.165, 1.54) is 85.3 Å². The first-order valence-electron chi connectivity index (χ1n) is 8.22. The summed E-state index contributed by atoms with van der Waals surface area (Å²) in [7, 11) is 6.56. The average Bonchev–Trinajstić information content (AvgIpc) is 2.38. The first-order valence-corrected chi connectivity index (χ1v) is 17.4. The van der Waals surface area contributed by atoms with Gasteiger partial charge in [-0.25, -0.2) is 0 Å². The predicted octanol–water partition coefficient (Wildman–Crippen LogP) is 6.94. The van der Waals surface area contributed by atoms with Gasteiger partial charge in [0.1, 0.15) is 0 Å². The summed E-state index contributed by atoms with van der Waals surface area (Å²) < 4.78 is 2.88. The fourth-order valence-electron chi connectivity index (χ4n) is 2.24. The molecular weight excluding hydrogens is 437 g/mol. The minimum atomic E-state index is -1.45. The summed E-state index contributed by atoms with van der Waals surface area (Å²) in [5.41, 5.74) is 0. The van der Waals surface area contributed by atoms with Crippen LogP contribution in [0.15, 0.2) is 0 Å². The summed E-state index contributed by atoms with van der Waals surface area (Å²) in [6.07, 6.45) is 17.1. The van der Waals surface area contributed by atoms with Gasteiger partial charge in [-0.15, -0.1) is 0 Å². The van der Waals surface area contributed by atoms with Crippen LogP contribution in [0.25, 0.3) is 0 Å². The van der Waals surface area contributed by atoms with Crippen LogP contribution in [0.3, 0.4) is 0 Å². The third kappa shape index (κ3) is 15.2. The molecule has 0 aliphatic carbocycles. The Labute approximate surface area is 127 Å². The van der Waals surface area contributed by atoms with Gasteiger partial charge in [0.15, 0.2) is 0 Å². The molecule has 0 heterocycles. The van der Waals surface area contributed by atoms with Gasteiger partial charge < -0.3 is 0 Å². The van der Waals surface area contributed by atoms with Crippen LogP contribution in [-0.4, -0.2) is 20.6 Å². The molecule has 0 nitrogen and oxygen atoms in total. The van der Waals surface area contributed by atoms with Crippen LogP contribution in [0.2, 0.25) is 8.26 Å². The molecule has 0 aliphatic rings. The normalized spacial score (nSPS) is 11.3. The van der Waals surface area contributed by atoms with E-state index < -0.39 is 20.6 Å². The molecule has 0 aromatic heterocycles. The molecule has 0 unspecified atom stereocenters. The monoisotopic (exact) mass is 470 g/mol. The number of hydrogen-bond acceptors (Lipinski definition) is 0. The second-order valence-electron chi connectivity index (χ2n) is 5.45. The van der Waals surface area contributed by atoms with E-state index in [9.17, 15) is 0 Å². The first kappa shape index (κ1) is 19.2. The van der Waals surface area contributed by atoms with Gasteiger partial charge in [-0.2, -0.15) is 0 Å². The second kappa shape index (κ2) is 16.2. The van der Waals surface area contributed by atoms with Gasteiger partial charge in [-0.3, -0.25) is 0 Å². The van der Waals surface area contributed by atoms with Crippen LogP contribution >= 0.6 is 8.51 Å². The molecule has 0 fully saturated rings. The molecule has 0 amide bonds. The van der Waals surface area contributed by atoms with Crippen LogP contribution in [0.1, 0.15) is 90.9 Å². The Morgan fingerprint density at radius 3 is 1.28 bits per heavy atom. The van der Waals surface area contributed by atoms with Crippen molar-refractivity contribution in [1.29, 1.82) is 0 Å². The van der Waals surface area contributed by atoms with Crippen molar-refractivity contribution in [2.24, 2.45) is 0 Å². The van der Waals surface area contributed by atoms with E-state index in [1.54, 1.807) is 0 Å². The summed E-state index contributed by atoms with van der Waals surface area (Å²) >= 11 is -1.45. The quantitative estimate of drug-likeness (QED) is 0.190. The Bertz CT molecular complexity index is 134. The molecule has 110 valence electrons. The molecular formula is C16H34BiCl. The Kier molecular flexibility index (Phi) is 17.3. The number of halogens is 1. The fourth-order valence-corrected chi connectivity index (χ4v) is 9.61. The molecule has 0 aromatic rings. The third-order valence-electron chi connectivity index (χ3n) is 3.51. The molecule has 2 heteroatoms. The molecule has 18 heavy (non-hydrogen) atoms. The van der Waals surface area contributed by atoms with Crippen LogP contribution < -0.4 is 0 Å². The zero-order chi connectivity index (χ0) is 13.5. The summed E-state index contributed by atoms with van der Waals surface area (Å²) in [5.74, 6) is 0. The summed E-state index contributed by atoms with van der Waals surface area (Å²) in [6.45, 7) is 4.57. The molecule has 0 bridgehead atoms. The molecule has 0 saturated heterocycles. The molecule has 0 N–H and O–H groups in total. The van der Waals surface area contributed by atoms with Gasteiger partial charge in [-0.1, -0.05) is 0 Å². The molecule has 0 rings (SSSR count). The molecule has 0 aromatic carbocycles. The van der Waals surface area contributed by atoms with Gasteiger partial charge in [0.05, 0.1) is 0 Å². The van der Waals surface area contributed by atoms with Crippen LogP contribution in [0.4, 0.5) is 0 Å². The van der Waals surface area contributed by atoms with Crippen molar-refractivity contribution < 1.29 is 0 Å². The summed E-state index contributed by atoms with van der Waals surface area (Å²) in [4.78, 5) is 0. The van der Waals surface area contributed by atoms with Crippen LogP contribution in [-0.2, 0) is 0 Å². The van der Waals surface area contributed by atoms with E-state index in [1.807, 2.05) is 0 Å². The minimum absolute atomic E-state index is 1.36. The summed E-state index contributed by atoms with van der Waals surface area (Å²) in [6, 6.07) is 0. The predicted molar refractivity (Wildman–Crippen MR) is 88.0 cm³/mol. The molecule has 0 saturated carbocycles. The Balaban J connectivity index is 3.10. The summed E-state index contributed by atoms with van der Waals surface area (Å²) in [5, 5.41) is 0. The van der Waals surface area contributed by atoms with Gasteiger partial charge >= 0.3 is 128 Å². The molecule has 0 atom stereocenters. The van der Waals surface area contributed by atoms with Gasteiger partial charge in [0.25, 0.3) is 0 Å². The van der Waals surface area contributed by atoms with Gasteiger partial charge in [-0.05, 0) is 0 Å². The van der Waals surface area contributed by atoms with E-state index in [4.69, 9.17) is 8.51 Å².